The van der Waals surface area contributed by atoms with Gasteiger partial charge < -0.3 is 10.0 Å². The minimum Gasteiger partial charge on any atom is -0.411 e. The highest BCUT2D eigenvalue weighted by atomic mass is 32.2. The summed E-state index contributed by atoms with van der Waals surface area (Å²) in [5.74, 6) is 0.0197. The van der Waals surface area contributed by atoms with Crippen LogP contribution in [0.2, 0.25) is 0 Å². The van der Waals surface area contributed by atoms with E-state index < -0.39 is 30.2 Å². The van der Waals surface area contributed by atoms with Gasteiger partial charge in [0.2, 0.25) is 5.75 Å². The lowest BCUT2D eigenvalue weighted by molar-refractivity contribution is 0.318. The Kier molecular flexibility index (Phi) is 8.67. The second kappa shape index (κ2) is 12.2. The lowest BCUT2D eigenvalue weighted by Crippen LogP contribution is -2.28. The molecule has 0 aliphatic carbocycles. The van der Waals surface area contributed by atoms with Crippen LogP contribution in [0.25, 0.3) is 0 Å². The van der Waals surface area contributed by atoms with Crippen molar-refractivity contribution in [3.05, 3.63) is 126 Å². The van der Waals surface area contributed by atoms with E-state index in [-0.39, 0.29) is 32.5 Å². The number of oxime groups is 2. The quantitative estimate of drug-likeness (QED) is 0.156. The van der Waals surface area contributed by atoms with Crippen molar-refractivity contribution < 1.29 is 26.9 Å². The molecule has 0 aromatic heterocycles. The minimum atomic E-state index is -3.88. The largest absolute Gasteiger partial charge is 0.411 e. The Bertz CT molecular complexity index is 1720. The standard InChI is InChI=1S/C30H26N2O6S2/c1-22(30(24-13-6-3-7-14-24)40(36,37)28-19-10-5-11-20-28)32-38-26-16-12-15-25(21-26)29(31-33)23(2)39(34,35)27-17-8-4-9-18-27/h3-11,13-15,17-21,23,30,33H,1-2H3/b31-29-,32-22+. The summed E-state index contributed by atoms with van der Waals surface area (Å²) >= 11 is 0. The molecule has 1 N–H and O–H groups in total. The van der Waals surface area contributed by atoms with Crippen molar-refractivity contribution in [2.45, 2.75) is 34.1 Å². The number of benzene rings is 3. The number of sulfone groups is 2. The predicted octanol–water partition coefficient (Wildman–Crippen LogP) is 5.30. The molecular weight excluding hydrogens is 548 g/mol. The molecular formula is C30H26N2O6S2. The maximum Gasteiger partial charge on any atom is 0.208 e. The maximum atomic E-state index is 13.6. The van der Waals surface area contributed by atoms with Crippen LogP contribution in [-0.4, -0.2) is 38.7 Å². The molecule has 0 radical (unpaired) electrons. The summed E-state index contributed by atoms with van der Waals surface area (Å²) in [4.78, 5) is 5.76. The van der Waals surface area contributed by atoms with E-state index in [1.54, 1.807) is 73.7 Å². The molecule has 2 unspecified atom stereocenters. The summed E-state index contributed by atoms with van der Waals surface area (Å²) in [5, 5.41) is 14.7. The molecule has 0 fully saturated rings. The van der Waals surface area contributed by atoms with Crippen molar-refractivity contribution in [2.24, 2.45) is 10.3 Å². The molecule has 0 aliphatic heterocycles. The topological polar surface area (TPSA) is 122 Å². The second-order valence-corrected chi connectivity index (χ2v) is 13.1. The zero-order valence-electron chi connectivity index (χ0n) is 21.7. The minimum absolute atomic E-state index is 0.0197. The van der Waals surface area contributed by atoms with E-state index in [4.69, 9.17) is 4.84 Å². The smallest absolute Gasteiger partial charge is 0.208 e. The third-order valence-corrected chi connectivity index (χ3v) is 10.4. The summed E-state index contributed by atoms with van der Waals surface area (Å²) in [6, 6.07) is 32.8. The molecule has 2 atom stereocenters. The lowest BCUT2D eigenvalue weighted by atomic mass is 10.1. The van der Waals surface area contributed by atoms with Gasteiger partial charge in [-0.3, -0.25) is 0 Å². The monoisotopic (exact) mass is 574 g/mol. The number of rotatable bonds is 10. The van der Waals surface area contributed by atoms with Crippen molar-refractivity contribution in [3.63, 3.8) is 0 Å². The Morgan fingerprint density at radius 3 is 1.90 bits per heavy atom. The number of hydrogen-bond acceptors (Lipinski definition) is 8. The third-order valence-electron chi connectivity index (χ3n) is 6.19. The molecule has 0 saturated carbocycles. The van der Waals surface area contributed by atoms with Crippen LogP contribution in [0.15, 0.2) is 123 Å². The van der Waals surface area contributed by atoms with Gasteiger partial charge in [-0.2, -0.15) is 0 Å². The normalized spacial score (nSPS) is 14.2. The molecule has 0 aliphatic rings. The second-order valence-electron chi connectivity index (χ2n) is 8.84. The van der Waals surface area contributed by atoms with Gasteiger partial charge in [0.05, 0.1) is 15.5 Å². The average molecular weight is 575 g/mol. The van der Waals surface area contributed by atoms with E-state index in [1.807, 2.05) is 0 Å². The van der Waals surface area contributed by atoms with Gasteiger partial charge in [-0.15, -0.1) is 0 Å². The summed E-state index contributed by atoms with van der Waals surface area (Å²) in [7, 11) is -7.76. The number of nitrogens with zero attached hydrogens (tertiary/aromatic N) is 2. The molecule has 10 heteroatoms. The van der Waals surface area contributed by atoms with Crippen molar-refractivity contribution >= 4 is 31.1 Å². The van der Waals surface area contributed by atoms with Gasteiger partial charge >= 0.3 is 0 Å². The zero-order chi connectivity index (χ0) is 28.8. The summed E-state index contributed by atoms with van der Waals surface area (Å²) in [5.41, 5.74) is 0.751. The predicted molar refractivity (Wildman–Crippen MR) is 152 cm³/mol. The molecule has 204 valence electrons. The third kappa shape index (κ3) is 6.06. The van der Waals surface area contributed by atoms with E-state index >= 15 is 0 Å². The first-order valence-electron chi connectivity index (χ1n) is 12.2. The molecule has 0 amide bonds. The van der Waals surface area contributed by atoms with Crippen LogP contribution >= 0.6 is 0 Å². The fourth-order valence-corrected chi connectivity index (χ4v) is 7.36. The van der Waals surface area contributed by atoms with E-state index in [0.29, 0.717) is 5.56 Å². The Balaban J connectivity index is 1.65. The SMILES string of the molecule is C/C(=N\Oc1c#ccc(/C(=N\O)C(C)S(=O)(=O)c2ccccc2)c1)C(c1ccccc1)S(=O)(=O)c1ccccc1. The average Bonchev–Trinajstić information content (AvgIpc) is 2.98. The summed E-state index contributed by atoms with van der Waals surface area (Å²) in [6.07, 6.45) is 0. The first-order valence-corrected chi connectivity index (χ1v) is 15.3. The number of hydrogen-bond donors (Lipinski definition) is 1. The van der Waals surface area contributed by atoms with Gasteiger partial charge in [-0.05, 0) is 55.8 Å². The molecule has 8 nitrogen and oxygen atoms in total. The molecule has 0 bridgehead atoms. The van der Waals surface area contributed by atoms with E-state index in [0.717, 1.165) is 0 Å². The molecule has 0 saturated heterocycles. The van der Waals surface area contributed by atoms with Gasteiger partial charge in [0.1, 0.15) is 16.2 Å². The fraction of sp³-hybridized carbons (Fsp3) is 0.133. The Morgan fingerprint density at radius 2 is 1.35 bits per heavy atom. The first-order chi connectivity index (χ1) is 19.2. The Morgan fingerprint density at radius 1 is 0.825 bits per heavy atom. The van der Waals surface area contributed by atoms with Crippen LogP contribution in [0.5, 0.6) is 5.75 Å². The van der Waals surface area contributed by atoms with Crippen molar-refractivity contribution in [1.82, 2.24) is 0 Å². The molecule has 40 heavy (non-hydrogen) atoms. The zero-order valence-corrected chi connectivity index (χ0v) is 23.3. The van der Waals surface area contributed by atoms with Crippen molar-refractivity contribution in [1.29, 1.82) is 0 Å². The first kappa shape index (κ1) is 28.5. The van der Waals surface area contributed by atoms with E-state index in [9.17, 15) is 22.0 Å². The Hall–Kier alpha value is -4.46. The van der Waals surface area contributed by atoms with E-state index in [1.165, 1.54) is 43.3 Å². The molecule has 4 aromatic rings. The Labute approximate surface area is 234 Å². The summed E-state index contributed by atoms with van der Waals surface area (Å²) < 4.78 is 53.4. The highest BCUT2D eigenvalue weighted by molar-refractivity contribution is 7.93. The van der Waals surface area contributed by atoms with Gasteiger partial charge in [-0.25, -0.2) is 16.8 Å². The highest BCUT2D eigenvalue weighted by Gasteiger charge is 2.32. The van der Waals surface area contributed by atoms with E-state index in [2.05, 4.69) is 22.4 Å². The van der Waals surface area contributed by atoms with Gasteiger partial charge in [0, 0.05) is 11.6 Å². The summed E-state index contributed by atoms with van der Waals surface area (Å²) in [6.45, 7) is 2.96. The van der Waals surface area contributed by atoms with Crippen molar-refractivity contribution in [2.75, 3.05) is 0 Å². The van der Waals surface area contributed by atoms with Crippen LogP contribution in [0.4, 0.5) is 0 Å². The van der Waals surface area contributed by atoms with Crippen LogP contribution in [0.3, 0.4) is 0 Å². The van der Waals surface area contributed by atoms with Gasteiger partial charge in [0.15, 0.2) is 19.7 Å². The van der Waals surface area contributed by atoms with Gasteiger partial charge in [0.25, 0.3) is 0 Å². The highest BCUT2D eigenvalue weighted by Crippen LogP contribution is 2.30. The lowest BCUT2D eigenvalue weighted by Gasteiger charge is -2.18. The van der Waals surface area contributed by atoms with Crippen LogP contribution in [0, 0.1) is 12.1 Å². The van der Waals surface area contributed by atoms with Crippen LogP contribution < -0.4 is 4.84 Å². The maximum absolute atomic E-state index is 13.6. The fourth-order valence-electron chi connectivity index (χ4n) is 4.12. The van der Waals surface area contributed by atoms with Gasteiger partial charge in [-0.1, -0.05) is 83.1 Å². The molecule has 0 spiro atoms. The van der Waals surface area contributed by atoms with Crippen LogP contribution in [0.1, 0.15) is 30.2 Å². The molecule has 0 heterocycles. The molecule has 4 aromatic carbocycles. The van der Waals surface area contributed by atoms with Crippen LogP contribution in [-0.2, 0) is 19.7 Å². The van der Waals surface area contributed by atoms with Crippen molar-refractivity contribution in [3.8, 4) is 5.75 Å². The molecule has 4 rings (SSSR count).